The molecule has 1 nitrogen and oxygen atoms in total. The van der Waals surface area contributed by atoms with Crippen LogP contribution in [0.5, 0.6) is 0 Å². The van der Waals surface area contributed by atoms with E-state index in [-0.39, 0.29) is 5.54 Å². The Bertz CT molecular complexity index is 281. The lowest BCUT2D eigenvalue weighted by atomic mass is 9.90. The van der Waals surface area contributed by atoms with Gasteiger partial charge in [-0.3, -0.25) is 0 Å². The summed E-state index contributed by atoms with van der Waals surface area (Å²) >= 11 is 1.77. The van der Waals surface area contributed by atoms with E-state index in [0.717, 1.165) is 12.3 Å². The molecule has 78 valence electrons. The molecule has 0 radical (unpaired) electrons. The average Bonchev–Trinajstić information content (AvgIpc) is 2.76. The van der Waals surface area contributed by atoms with Crippen molar-refractivity contribution in [3.05, 3.63) is 22.4 Å². The van der Waals surface area contributed by atoms with Crippen LogP contribution in [0, 0.1) is 5.92 Å². The zero-order valence-corrected chi connectivity index (χ0v) is 9.65. The van der Waals surface area contributed by atoms with Crippen molar-refractivity contribution in [1.29, 1.82) is 0 Å². The van der Waals surface area contributed by atoms with E-state index in [1.54, 1.807) is 11.3 Å². The van der Waals surface area contributed by atoms with Crippen LogP contribution in [0.25, 0.3) is 0 Å². The molecule has 0 spiro atoms. The summed E-state index contributed by atoms with van der Waals surface area (Å²) in [5, 5.41) is 4.37. The average molecular weight is 209 g/mol. The lowest BCUT2D eigenvalue weighted by Gasteiger charge is -2.23. The van der Waals surface area contributed by atoms with Crippen LogP contribution in [-0.4, -0.2) is 5.54 Å². The second kappa shape index (κ2) is 4.03. The highest BCUT2D eigenvalue weighted by molar-refractivity contribution is 7.07. The van der Waals surface area contributed by atoms with Crippen molar-refractivity contribution >= 4 is 11.3 Å². The molecule has 0 aliphatic heterocycles. The first-order valence-corrected chi connectivity index (χ1v) is 6.46. The summed E-state index contributed by atoms with van der Waals surface area (Å²) in [5.74, 6) is 0.874. The van der Waals surface area contributed by atoms with Gasteiger partial charge in [0.15, 0.2) is 0 Å². The minimum Gasteiger partial charge on any atom is -0.325 e. The molecule has 1 aliphatic rings. The smallest absolute Gasteiger partial charge is 0.0198 e. The Labute approximate surface area is 90.3 Å². The Hall–Kier alpha value is -0.340. The Kier molecular flexibility index (Phi) is 2.93. The summed E-state index contributed by atoms with van der Waals surface area (Å²) < 4.78 is 0. The number of nitrogens with two attached hydrogens (primary N) is 1. The third-order valence-electron chi connectivity index (χ3n) is 3.46. The Morgan fingerprint density at radius 2 is 2.50 bits per heavy atom. The predicted molar refractivity (Wildman–Crippen MR) is 62.6 cm³/mol. The third-order valence-corrected chi connectivity index (χ3v) is 4.19. The largest absolute Gasteiger partial charge is 0.325 e. The van der Waals surface area contributed by atoms with Gasteiger partial charge < -0.3 is 5.73 Å². The van der Waals surface area contributed by atoms with Crippen molar-refractivity contribution in [2.75, 3.05) is 0 Å². The van der Waals surface area contributed by atoms with E-state index >= 15 is 0 Å². The maximum Gasteiger partial charge on any atom is 0.0198 e. The molecule has 2 heteroatoms. The van der Waals surface area contributed by atoms with E-state index < -0.39 is 0 Å². The predicted octanol–water partition coefficient (Wildman–Crippen LogP) is 3.20. The van der Waals surface area contributed by atoms with Gasteiger partial charge in [0.2, 0.25) is 0 Å². The molecule has 1 aromatic rings. The molecule has 1 aliphatic carbocycles. The van der Waals surface area contributed by atoms with Crippen molar-refractivity contribution in [1.82, 2.24) is 0 Å². The molecule has 14 heavy (non-hydrogen) atoms. The van der Waals surface area contributed by atoms with E-state index in [0.29, 0.717) is 0 Å². The number of hydrogen-bond donors (Lipinski definition) is 1. The minimum atomic E-state index is 0.0990. The van der Waals surface area contributed by atoms with E-state index in [9.17, 15) is 0 Å². The van der Waals surface area contributed by atoms with Crippen molar-refractivity contribution in [2.45, 2.75) is 44.6 Å². The summed E-state index contributed by atoms with van der Waals surface area (Å²) in [5.41, 5.74) is 7.95. The summed E-state index contributed by atoms with van der Waals surface area (Å²) in [6.45, 7) is 2.28. The maximum atomic E-state index is 6.42. The first-order chi connectivity index (χ1) is 6.72. The Balaban J connectivity index is 1.97. The molecule has 0 amide bonds. The molecule has 1 fully saturated rings. The maximum absolute atomic E-state index is 6.42. The standard InChI is InChI=1S/C12H19NS/c1-2-10-3-5-12(13,7-10)8-11-4-6-14-9-11/h4,6,9-10H,2-3,5,7-8,13H2,1H3. The summed E-state index contributed by atoms with van der Waals surface area (Å²) in [7, 11) is 0. The van der Waals surface area contributed by atoms with Gasteiger partial charge in [0.1, 0.15) is 0 Å². The van der Waals surface area contributed by atoms with Gasteiger partial charge in [0, 0.05) is 5.54 Å². The molecule has 1 heterocycles. The van der Waals surface area contributed by atoms with Gasteiger partial charge in [0.25, 0.3) is 0 Å². The van der Waals surface area contributed by atoms with E-state index in [1.165, 1.54) is 31.2 Å². The van der Waals surface area contributed by atoms with Crippen LogP contribution in [0.4, 0.5) is 0 Å². The second-order valence-electron chi connectivity index (χ2n) is 4.69. The van der Waals surface area contributed by atoms with Gasteiger partial charge in [-0.15, -0.1) is 0 Å². The first-order valence-electron chi connectivity index (χ1n) is 5.52. The molecule has 2 rings (SSSR count). The fourth-order valence-corrected chi connectivity index (χ4v) is 3.25. The molecule has 2 N–H and O–H groups in total. The monoisotopic (exact) mass is 209 g/mol. The van der Waals surface area contributed by atoms with E-state index in [2.05, 4.69) is 23.8 Å². The van der Waals surface area contributed by atoms with Gasteiger partial charge in [-0.05, 0) is 54.0 Å². The summed E-state index contributed by atoms with van der Waals surface area (Å²) in [4.78, 5) is 0. The van der Waals surface area contributed by atoms with Crippen LogP contribution in [0.2, 0.25) is 0 Å². The highest BCUT2D eigenvalue weighted by Gasteiger charge is 2.34. The lowest BCUT2D eigenvalue weighted by Crippen LogP contribution is -2.39. The molecule has 2 unspecified atom stereocenters. The molecule has 1 aromatic heterocycles. The summed E-state index contributed by atoms with van der Waals surface area (Å²) in [6, 6.07) is 2.21. The normalized spacial score (nSPS) is 32.3. The van der Waals surface area contributed by atoms with Gasteiger partial charge in [-0.25, -0.2) is 0 Å². The third kappa shape index (κ3) is 2.18. The zero-order valence-electron chi connectivity index (χ0n) is 8.83. The van der Waals surface area contributed by atoms with E-state index in [1.807, 2.05) is 0 Å². The zero-order chi connectivity index (χ0) is 10.0. The SMILES string of the molecule is CCC1CCC(N)(Cc2ccsc2)C1. The van der Waals surface area contributed by atoms with Crippen molar-refractivity contribution in [3.8, 4) is 0 Å². The second-order valence-corrected chi connectivity index (χ2v) is 5.47. The lowest BCUT2D eigenvalue weighted by molar-refractivity contribution is 0.407. The molecular weight excluding hydrogens is 190 g/mol. The van der Waals surface area contributed by atoms with Crippen LogP contribution < -0.4 is 5.73 Å². The molecule has 0 bridgehead atoms. The molecule has 0 aromatic carbocycles. The quantitative estimate of drug-likeness (QED) is 0.813. The highest BCUT2D eigenvalue weighted by atomic mass is 32.1. The minimum absolute atomic E-state index is 0.0990. The van der Waals surface area contributed by atoms with Crippen molar-refractivity contribution in [3.63, 3.8) is 0 Å². The summed E-state index contributed by atoms with van der Waals surface area (Å²) in [6.07, 6.45) is 6.13. The fraction of sp³-hybridized carbons (Fsp3) is 0.667. The van der Waals surface area contributed by atoms with E-state index in [4.69, 9.17) is 5.73 Å². The fourth-order valence-electron chi connectivity index (χ4n) is 2.58. The van der Waals surface area contributed by atoms with Crippen LogP contribution in [0.3, 0.4) is 0 Å². The highest BCUT2D eigenvalue weighted by Crippen LogP contribution is 2.36. The molecular formula is C12H19NS. The van der Waals surface area contributed by atoms with Crippen LogP contribution in [-0.2, 0) is 6.42 Å². The van der Waals surface area contributed by atoms with Gasteiger partial charge in [-0.1, -0.05) is 13.3 Å². The van der Waals surface area contributed by atoms with Crippen LogP contribution >= 0.6 is 11.3 Å². The van der Waals surface area contributed by atoms with Gasteiger partial charge >= 0.3 is 0 Å². The topological polar surface area (TPSA) is 26.0 Å². The molecule has 0 saturated heterocycles. The van der Waals surface area contributed by atoms with Crippen molar-refractivity contribution < 1.29 is 0 Å². The van der Waals surface area contributed by atoms with Crippen LogP contribution in [0.15, 0.2) is 16.8 Å². The number of thiophene rings is 1. The van der Waals surface area contributed by atoms with Gasteiger partial charge in [-0.2, -0.15) is 11.3 Å². The first kappa shape index (κ1) is 10.2. The Morgan fingerprint density at radius 3 is 3.07 bits per heavy atom. The Morgan fingerprint density at radius 1 is 1.64 bits per heavy atom. The van der Waals surface area contributed by atoms with Gasteiger partial charge in [0.05, 0.1) is 0 Å². The van der Waals surface area contributed by atoms with Crippen molar-refractivity contribution in [2.24, 2.45) is 11.7 Å². The number of rotatable bonds is 3. The molecule has 2 atom stereocenters. The number of hydrogen-bond acceptors (Lipinski definition) is 2. The van der Waals surface area contributed by atoms with Crippen LogP contribution in [0.1, 0.15) is 38.2 Å². The molecule has 1 saturated carbocycles.